The van der Waals surface area contributed by atoms with Crippen molar-refractivity contribution in [1.82, 2.24) is 19.1 Å². The summed E-state index contributed by atoms with van der Waals surface area (Å²) in [5.74, 6) is 0. The van der Waals surface area contributed by atoms with Gasteiger partial charge in [0.1, 0.15) is 0 Å². The zero-order chi connectivity index (χ0) is 43.0. The normalized spacial score (nSPS) is 10.5. The molecule has 312 valence electrons. The van der Waals surface area contributed by atoms with Gasteiger partial charge in [-0.05, 0) is 39.2 Å². The number of hydrogen-bond donors (Lipinski definition) is 0. The lowest BCUT2D eigenvalue weighted by Gasteiger charge is -2.20. The van der Waals surface area contributed by atoms with Gasteiger partial charge in [-0.15, -0.1) is 0 Å². The third-order valence-corrected chi connectivity index (χ3v) is 7.50. The molecule has 0 radical (unpaired) electrons. The lowest BCUT2D eigenvalue weighted by molar-refractivity contribution is 0.339. The van der Waals surface area contributed by atoms with Crippen LogP contribution in [0.25, 0.3) is 0 Å². The fourth-order valence-electron chi connectivity index (χ4n) is 3.91. The highest BCUT2D eigenvalue weighted by Crippen LogP contribution is 2.21. The maximum atomic E-state index is 4.27. The first-order chi connectivity index (χ1) is 25.2. The first kappa shape index (κ1) is 57.6. The smallest absolute Gasteiger partial charge is 0.0951 e. The maximum Gasteiger partial charge on any atom is 0.0951 e. The molecule has 0 saturated heterocycles. The summed E-state index contributed by atoms with van der Waals surface area (Å²) in [4.78, 5) is 8.53. The van der Waals surface area contributed by atoms with E-state index >= 15 is 0 Å². The third-order valence-electron chi connectivity index (χ3n) is 7.50. The summed E-state index contributed by atoms with van der Waals surface area (Å²) in [5, 5.41) is 0. The van der Waals surface area contributed by atoms with Gasteiger partial charge in [0, 0.05) is 43.3 Å². The molecule has 0 atom stereocenters. The molecule has 54 heavy (non-hydrogen) atoms. The lowest BCUT2D eigenvalue weighted by Crippen LogP contribution is -2.16. The van der Waals surface area contributed by atoms with Crippen molar-refractivity contribution in [1.29, 1.82) is 0 Å². The molecule has 0 saturated carbocycles. The summed E-state index contributed by atoms with van der Waals surface area (Å²) in [6, 6.07) is 21.1. The van der Waals surface area contributed by atoms with Crippen molar-refractivity contribution < 1.29 is 0 Å². The van der Waals surface area contributed by atoms with Gasteiger partial charge in [0.15, 0.2) is 0 Å². The van der Waals surface area contributed by atoms with Crippen molar-refractivity contribution in [2.24, 2.45) is 21.7 Å². The molecule has 0 fully saturated rings. The Hall–Kier alpha value is -3.14. The Morgan fingerprint density at radius 2 is 0.796 bits per heavy atom. The molecular weight excluding hydrogens is 657 g/mol. The molecule has 4 aromatic rings. The third kappa shape index (κ3) is 34.6. The average Bonchev–Trinajstić information content (AvgIpc) is 3.76. The second kappa shape index (κ2) is 32.1. The summed E-state index contributed by atoms with van der Waals surface area (Å²) < 4.78 is 4.49. The van der Waals surface area contributed by atoms with E-state index in [1.165, 1.54) is 35.4 Å². The molecule has 2 heterocycles. The molecule has 0 bridgehead atoms. The minimum atomic E-state index is 0.284. The average molecular weight is 749 g/mol. The Kier molecular flexibility index (Phi) is 34.3. The Morgan fingerprint density at radius 1 is 0.444 bits per heavy atom. The molecule has 0 aliphatic carbocycles. The van der Waals surface area contributed by atoms with Crippen molar-refractivity contribution in [3.63, 3.8) is 0 Å². The van der Waals surface area contributed by atoms with Gasteiger partial charge in [-0.3, -0.25) is 0 Å². The second-order valence-electron chi connectivity index (χ2n) is 17.3. The zero-order valence-corrected chi connectivity index (χ0v) is 40.1. The number of hydrogen-bond acceptors (Lipinski definition) is 2. The molecule has 0 amide bonds. The molecule has 2 aromatic carbocycles. The highest BCUT2D eigenvalue weighted by molar-refractivity contribution is 5.21. The molecular formula is C50H92N4. The Bertz CT molecular complexity index is 1210. The van der Waals surface area contributed by atoms with E-state index in [0.717, 1.165) is 25.9 Å². The first-order valence-electron chi connectivity index (χ1n) is 21.3. The van der Waals surface area contributed by atoms with Crippen LogP contribution in [0.15, 0.2) is 85.7 Å². The first-order valence-corrected chi connectivity index (χ1v) is 21.3. The standard InChI is InChI=1S/2C15H20N2.2C6H14.4C2H6/c1-15(2,3)9-14-10-16-12-17(14)11-13-7-5-4-6-8-13;1-15(2,3)11-17-12-16-10-14(17)9-13-7-5-4-6-8-13;2*1-5-6(2,3)4;4*1-2/h2*4-8,10,12H,9,11H2,1-3H3;2*5H2,1-4H3;4*1-2H3. The van der Waals surface area contributed by atoms with Crippen molar-refractivity contribution in [2.45, 2.75) is 191 Å². The fraction of sp³-hybridized carbons (Fsp3) is 0.640. The lowest BCUT2D eigenvalue weighted by atomic mass is 9.91. The predicted molar refractivity (Wildman–Crippen MR) is 247 cm³/mol. The summed E-state index contributed by atoms with van der Waals surface area (Å²) in [5.41, 5.74) is 6.91. The van der Waals surface area contributed by atoms with E-state index in [2.05, 4.69) is 171 Å². The van der Waals surface area contributed by atoms with Crippen LogP contribution < -0.4 is 0 Å². The largest absolute Gasteiger partial charge is 0.334 e. The second-order valence-corrected chi connectivity index (χ2v) is 17.3. The highest BCUT2D eigenvalue weighted by Gasteiger charge is 2.15. The number of benzene rings is 2. The van der Waals surface area contributed by atoms with Crippen molar-refractivity contribution in [3.05, 3.63) is 108 Å². The van der Waals surface area contributed by atoms with Crippen LogP contribution in [0.2, 0.25) is 0 Å². The summed E-state index contributed by atoms with van der Waals surface area (Å²) >= 11 is 0. The molecule has 0 aliphatic rings. The van der Waals surface area contributed by atoms with Gasteiger partial charge in [0.2, 0.25) is 0 Å². The van der Waals surface area contributed by atoms with Gasteiger partial charge >= 0.3 is 0 Å². The fourth-order valence-corrected chi connectivity index (χ4v) is 3.91. The van der Waals surface area contributed by atoms with Crippen LogP contribution in [0, 0.1) is 21.7 Å². The molecule has 4 heteroatoms. The number of aromatic nitrogens is 4. The molecule has 0 spiro atoms. The van der Waals surface area contributed by atoms with Crippen LogP contribution >= 0.6 is 0 Å². The van der Waals surface area contributed by atoms with E-state index in [1.54, 1.807) is 0 Å². The van der Waals surface area contributed by atoms with Crippen molar-refractivity contribution >= 4 is 0 Å². The SMILES string of the molecule is CC.CC.CC.CC.CC(C)(C)Cc1cncn1Cc1ccccc1.CC(C)(C)Cn1cncc1Cc1ccccc1.CCC(C)(C)C.CCC(C)(C)C. The Balaban J connectivity index is -0.000000315. The Morgan fingerprint density at radius 3 is 1.15 bits per heavy atom. The van der Waals surface area contributed by atoms with Crippen LogP contribution in [0.4, 0.5) is 0 Å². The van der Waals surface area contributed by atoms with Crippen LogP contribution in [0.3, 0.4) is 0 Å². The summed E-state index contributed by atoms with van der Waals surface area (Å²) in [6.45, 7) is 49.3. The monoisotopic (exact) mass is 749 g/mol. The topological polar surface area (TPSA) is 35.6 Å². The Labute approximate surface area is 339 Å². The molecule has 0 N–H and O–H groups in total. The van der Waals surface area contributed by atoms with Gasteiger partial charge in [-0.2, -0.15) is 0 Å². The molecule has 4 nitrogen and oxygen atoms in total. The quantitative estimate of drug-likeness (QED) is 0.197. The highest BCUT2D eigenvalue weighted by atomic mass is 15.1. The van der Waals surface area contributed by atoms with Gasteiger partial charge in [-0.25, -0.2) is 9.97 Å². The minimum Gasteiger partial charge on any atom is -0.334 e. The van der Waals surface area contributed by atoms with E-state index in [1.807, 2.05) is 86.5 Å². The van der Waals surface area contributed by atoms with Gasteiger partial charge in [0.05, 0.1) is 12.7 Å². The van der Waals surface area contributed by atoms with Crippen molar-refractivity contribution in [2.75, 3.05) is 0 Å². The van der Waals surface area contributed by atoms with E-state index in [4.69, 9.17) is 0 Å². The van der Waals surface area contributed by atoms with E-state index < -0.39 is 0 Å². The van der Waals surface area contributed by atoms with E-state index in [9.17, 15) is 0 Å². The van der Waals surface area contributed by atoms with Gasteiger partial charge < -0.3 is 9.13 Å². The van der Waals surface area contributed by atoms with Crippen LogP contribution in [-0.2, 0) is 25.9 Å². The molecule has 2 aromatic heterocycles. The number of nitrogens with zero attached hydrogens (tertiary/aromatic N) is 4. The van der Waals surface area contributed by atoms with E-state index in [0.29, 0.717) is 16.2 Å². The van der Waals surface area contributed by atoms with Gasteiger partial charge in [-0.1, -0.05) is 226 Å². The summed E-state index contributed by atoms with van der Waals surface area (Å²) in [7, 11) is 0. The molecule has 0 aliphatic heterocycles. The number of imidazole rings is 2. The minimum absolute atomic E-state index is 0.284. The summed E-state index contributed by atoms with van der Waals surface area (Å²) in [6.07, 6.45) is 12.4. The zero-order valence-electron chi connectivity index (χ0n) is 40.1. The van der Waals surface area contributed by atoms with Crippen LogP contribution in [0.5, 0.6) is 0 Å². The maximum absolute atomic E-state index is 4.27. The van der Waals surface area contributed by atoms with E-state index in [-0.39, 0.29) is 5.41 Å². The van der Waals surface area contributed by atoms with Crippen LogP contribution in [0.1, 0.15) is 188 Å². The van der Waals surface area contributed by atoms with Crippen LogP contribution in [-0.4, -0.2) is 19.1 Å². The van der Waals surface area contributed by atoms with Gasteiger partial charge in [0.25, 0.3) is 0 Å². The predicted octanol–water partition coefficient (Wildman–Crippen LogP) is 16.0. The number of rotatable bonds is 6. The molecule has 0 unspecified atom stereocenters. The molecule has 4 rings (SSSR count). The van der Waals surface area contributed by atoms with Crippen molar-refractivity contribution in [3.8, 4) is 0 Å².